The van der Waals surface area contributed by atoms with Crippen LogP contribution in [0.15, 0.2) is 60.7 Å². The van der Waals surface area contributed by atoms with Crippen molar-refractivity contribution in [2.24, 2.45) is 0 Å². The van der Waals surface area contributed by atoms with E-state index in [1.807, 2.05) is 67.6 Å². The van der Waals surface area contributed by atoms with Crippen molar-refractivity contribution in [3.05, 3.63) is 71.8 Å². The molecule has 1 amide bonds. The number of carbonyl (C=O) groups is 2. The Hall–Kier alpha value is -2.79. The maximum Gasteiger partial charge on any atom is 0.241 e. The number of nitrogens with zero attached hydrogens (tertiary/aromatic N) is 1. The lowest BCUT2D eigenvalue weighted by atomic mass is 10.0. The standard InChI is InChI=1S/C22H17NO3S/c1-13-21(25)23(15-9-11-16(26-2)12-10-15)22(27-13)18-8-4-6-14-5-3-7-17(19(14)18)20(22)24/h3-13H,1-2H3. The number of ether oxygens (including phenoxy) is 1. The number of benzene rings is 3. The number of ketones is 1. The van der Waals surface area contributed by atoms with Gasteiger partial charge in [0.05, 0.1) is 12.4 Å². The molecule has 134 valence electrons. The van der Waals surface area contributed by atoms with Gasteiger partial charge in [-0.3, -0.25) is 14.5 Å². The zero-order valence-electron chi connectivity index (χ0n) is 14.9. The highest BCUT2D eigenvalue weighted by molar-refractivity contribution is 8.03. The lowest BCUT2D eigenvalue weighted by Crippen LogP contribution is -2.46. The highest BCUT2D eigenvalue weighted by Gasteiger charge is 2.60. The number of hydrogen-bond donors (Lipinski definition) is 0. The van der Waals surface area contributed by atoms with Crippen LogP contribution in [-0.2, 0) is 9.67 Å². The first-order valence-corrected chi connectivity index (χ1v) is 9.69. The van der Waals surface area contributed by atoms with E-state index in [-0.39, 0.29) is 16.9 Å². The molecule has 27 heavy (non-hydrogen) atoms. The molecular weight excluding hydrogens is 358 g/mol. The molecule has 2 atom stereocenters. The molecule has 0 N–H and O–H groups in total. The first kappa shape index (κ1) is 16.4. The molecule has 1 heterocycles. The van der Waals surface area contributed by atoms with Crippen LogP contribution in [0.1, 0.15) is 22.8 Å². The fourth-order valence-electron chi connectivity index (χ4n) is 4.19. The number of Topliss-reactive ketones (excluding diaryl/α,β-unsaturated/α-hetero) is 1. The van der Waals surface area contributed by atoms with Crippen molar-refractivity contribution < 1.29 is 14.3 Å². The quantitative estimate of drug-likeness (QED) is 0.667. The molecule has 2 unspecified atom stereocenters. The third-order valence-electron chi connectivity index (χ3n) is 5.38. The fraction of sp³-hybridized carbons (Fsp3) is 0.182. The summed E-state index contributed by atoms with van der Waals surface area (Å²) < 4.78 is 5.24. The van der Waals surface area contributed by atoms with Crippen LogP contribution < -0.4 is 9.64 Å². The SMILES string of the molecule is COc1ccc(N2C(=O)C(C)SC23C(=O)c2cccc4cccc3c24)cc1. The first-order chi connectivity index (χ1) is 13.1. The number of anilines is 1. The molecule has 5 rings (SSSR count). The van der Waals surface area contributed by atoms with E-state index in [4.69, 9.17) is 4.74 Å². The summed E-state index contributed by atoms with van der Waals surface area (Å²) in [6, 6.07) is 19.0. The van der Waals surface area contributed by atoms with Gasteiger partial charge in [0.25, 0.3) is 0 Å². The molecule has 1 saturated heterocycles. The van der Waals surface area contributed by atoms with Gasteiger partial charge in [-0.1, -0.05) is 36.4 Å². The van der Waals surface area contributed by atoms with E-state index in [1.54, 1.807) is 12.0 Å². The fourth-order valence-corrected chi connectivity index (χ4v) is 5.73. The second-order valence-corrected chi connectivity index (χ2v) is 8.35. The van der Waals surface area contributed by atoms with Crippen LogP contribution in [0.4, 0.5) is 5.69 Å². The van der Waals surface area contributed by atoms with Crippen LogP contribution >= 0.6 is 11.8 Å². The molecule has 1 aliphatic heterocycles. The van der Waals surface area contributed by atoms with Crippen LogP contribution in [0.2, 0.25) is 0 Å². The minimum absolute atomic E-state index is 0.0205. The Morgan fingerprint density at radius 3 is 2.41 bits per heavy atom. The molecule has 2 aliphatic rings. The van der Waals surface area contributed by atoms with Crippen molar-refractivity contribution in [3.63, 3.8) is 0 Å². The summed E-state index contributed by atoms with van der Waals surface area (Å²) in [5, 5.41) is 1.68. The van der Waals surface area contributed by atoms with E-state index in [9.17, 15) is 9.59 Å². The van der Waals surface area contributed by atoms with E-state index >= 15 is 0 Å². The van der Waals surface area contributed by atoms with Gasteiger partial charge in [0.2, 0.25) is 11.7 Å². The zero-order valence-corrected chi connectivity index (χ0v) is 15.7. The number of hydrogen-bond acceptors (Lipinski definition) is 4. The monoisotopic (exact) mass is 375 g/mol. The average molecular weight is 375 g/mol. The third-order valence-corrected chi connectivity index (χ3v) is 6.87. The molecule has 0 saturated carbocycles. The Balaban J connectivity index is 1.78. The van der Waals surface area contributed by atoms with Gasteiger partial charge in [0.1, 0.15) is 5.75 Å². The predicted molar refractivity (Wildman–Crippen MR) is 107 cm³/mol. The van der Waals surface area contributed by atoms with Crippen molar-refractivity contribution in [2.45, 2.75) is 17.0 Å². The predicted octanol–water partition coefficient (Wildman–Crippen LogP) is 4.37. The maximum absolute atomic E-state index is 13.7. The Morgan fingerprint density at radius 2 is 1.70 bits per heavy atom. The number of carbonyl (C=O) groups excluding carboxylic acids is 2. The van der Waals surface area contributed by atoms with E-state index in [0.717, 1.165) is 16.3 Å². The topological polar surface area (TPSA) is 46.6 Å². The number of methoxy groups -OCH3 is 1. The maximum atomic E-state index is 13.7. The van der Waals surface area contributed by atoms with Crippen molar-refractivity contribution in [3.8, 4) is 5.75 Å². The van der Waals surface area contributed by atoms with Crippen LogP contribution in [0, 0.1) is 0 Å². The first-order valence-electron chi connectivity index (χ1n) is 8.81. The van der Waals surface area contributed by atoms with Gasteiger partial charge in [0.15, 0.2) is 4.87 Å². The second-order valence-electron chi connectivity index (χ2n) is 6.81. The Morgan fingerprint density at radius 1 is 1.00 bits per heavy atom. The highest BCUT2D eigenvalue weighted by Crippen LogP contribution is 2.57. The Labute approximate surface area is 161 Å². The van der Waals surface area contributed by atoms with Gasteiger partial charge in [-0.25, -0.2) is 0 Å². The molecule has 1 fully saturated rings. The largest absolute Gasteiger partial charge is 0.497 e. The van der Waals surface area contributed by atoms with Crippen molar-refractivity contribution in [1.29, 1.82) is 0 Å². The van der Waals surface area contributed by atoms with Crippen LogP contribution in [0.3, 0.4) is 0 Å². The average Bonchev–Trinajstić information content (AvgIpc) is 3.10. The Kier molecular flexibility index (Phi) is 3.40. The summed E-state index contributed by atoms with van der Waals surface area (Å²) in [5.74, 6) is 0.638. The van der Waals surface area contributed by atoms with Gasteiger partial charge in [-0.15, -0.1) is 11.8 Å². The van der Waals surface area contributed by atoms with Crippen molar-refractivity contribution in [1.82, 2.24) is 0 Å². The molecule has 4 nitrogen and oxygen atoms in total. The molecule has 5 heteroatoms. The van der Waals surface area contributed by atoms with Crippen molar-refractivity contribution in [2.75, 3.05) is 12.0 Å². The summed E-state index contributed by atoms with van der Waals surface area (Å²) in [6.45, 7) is 1.87. The normalized spacial score (nSPS) is 23.6. The number of fused-ring (bicyclic) bond motifs is 1. The van der Waals surface area contributed by atoms with Gasteiger partial charge < -0.3 is 4.74 Å². The number of thioether (sulfide) groups is 1. The minimum atomic E-state index is -1.05. The lowest BCUT2D eigenvalue weighted by Gasteiger charge is -2.33. The molecular formula is C22H17NO3S. The molecule has 1 aliphatic carbocycles. The molecule has 0 aromatic heterocycles. The molecule has 3 aromatic carbocycles. The molecule has 1 spiro atoms. The highest BCUT2D eigenvalue weighted by atomic mass is 32.2. The summed E-state index contributed by atoms with van der Waals surface area (Å²) in [4.78, 5) is 27.5. The van der Waals surface area contributed by atoms with Gasteiger partial charge in [-0.05, 0) is 42.0 Å². The van der Waals surface area contributed by atoms with Gasteiger partial charge in [0, 0.05) is 16.8 Å². The summed E-state index contributed by atoms with van der Waals surface area (Å²) >= 11 is 1.43. The van der Waals surface area contributed by atoms with E-state index in [0.29, 0.717) is 17.0 Å². The smallest absolute Gasteiger partial charge is 0.241 e. The molecule has 0 radical (unpaired) electrons. The second kappa shape index (κ2) is 5.60. The summed E-state index contributed by atoms with van der Waals surface area (Å²) in [5.41, 5.74) is 2.30. The van der Waals surface area contributed by atoms with Gasteiger partial charge >= 0.3 is 0 Å². The molecule has 0 bridgehead atoms. The zero-order chi connectivity index (χ0) is 18.8. The summed E-state index contributed by atoms with van der Waals surface area (Å²) in [7, 11) is 1.60. The van der Waals surface area contributed by atoms with E-state index in [2.05, 4.69) is 0 Å². The lowest BCUT2D eigenvalue weighted by molar-refractivity contribution is -0.117. The molecule has 3 aromatic rings. The van der Waals surface area contributed by atoms with E-state index in [1.165, 1.54) is 11.8 Å². The van der Waals surface area contributed by atoms with Crippen LogP contribution in [0.5, 0.6) is 5.75 Å². The third kappa shape index (κ3) is 2.00. The minimum Gasteiger partial charge on any atom is -0.497 e. The van der Waals surface area contributed by atoms with Gasteiger partial charge in [-0.2, -0.15) is 0 Å². The Bertz CT molecular complexity index is 1100. The number of rotatable bonds is 2. The van der Waals surface area contributed by atoms with Crippen molar-refractivity contribution >= 4 is 39.9 Å². The van der Waals surface area contributed by atoms with Crippen LogP contribution in [-0.4, -0.2) is 24.1 Å². The van der Waals surface area contributed by atoms with E-state index < -0.39 is 4.87 Å². The number of amides is 1. The summed E-state index contributed by atoms with van der Waals surface area (Å²) in [6.07, 6.45) is 0. The van der Waals surface area contributed by atoms with Crippen LogP contribution in [0.25, 0.3) is 10.8 Å².